The van der Waals surface area contributed by atoms with Gasteiger partial charge >= 0.3 is 0 Å². The zero-order valence-electron chi connectivity index (χ0n) is 11.4. The predicted octanol–water partition coefficient (Wildman–Crippen LogP) is 2.99. The molecule has 0 spiro atoms. The second-order valence-corrected chi connectivity index (χ2v) is 5.62. The van der Waals surface area contributed by atoms with Crippen molar-refractivity contribution in [3.05, 3.63) is 34.3 Å². The summed E-state index contributed by atoms with van der Waals surface area (Å²) in [4.78, 5) is 14.7. The fourth-order valence-corrected chi connectivity index (χ4v) is 3.01. The van der Waals surface area contributed by atoms with Gasteiger partial charge in [0.2, 0.25) is 0 Å². The molecule has 0 radical (unpaired) electrons. The number of rotatable bonds is 3. The van der Waals surface area contributed by atoms with E-state index in [1.807, 2.05) is 24.0 Å². The molecule has 1 fully saturated rings. The van der Waals surface area contributed by atoms with Gasteiger partial charge in [0.25, 0.3) is 5.91 Å². The van der Waals surface area contributed by atoms with Gasteiger partial charge in [-0.05, 0) is 62.9 Å². The Labute approximate surface area is 119 Å². The molecule has 0 aliphatic carbocycles. The second-order valence-electron chi connectivity index (χ2n) is 5.18. The lowest BCUT2D eigenvalue weighted by molar-refractivity contribution is 0.0604. The molecule has 0 bridgehead atoms. The average Bonchev–Trinajstić information content (AvgIpc) is 2.39. The van der Waals surface area contributed by atoms with Gasteiger partial charge in [0.1, 0.15) is 0 Å². The Bertz CT molecular complexity index is 459. The summed E-state index contributed by atoms with van der Waals surface area (Å²) < 4.78 is 0. The Hall–Kier alpha value is -1.06. The maximum atomic E-state index is 12.7. The van der Waals surface area contributed by atoms with Crippen LogP contribution in [0.1, 0.15) is 41.6 Å². The Balaban J connectivity index is 2.21. The van der Waals surface area contributed by atoms with E-state index in [4.69, 9.17) is 17.3 Å². The maximum absolute atomic E-state index is 12.7. The summed E-state index contributed by atoms with van der Waals surface area (Å²) in [5, 5.41) is 0.672. The molecular weight excluding hydrogens is 260 g/mol. The molecule has 1 aliphatic heterocycles. The smallest absolute Gasteiger partial charge is 0.254 e. The lowest BCUT2D eigenvalue weighted by Crippen LogP contribution is -2.44. The van der Waals surface area contributed by atoms with Crippen LogP contribution in [0.25, 0.3) is 0 Å². The molecule has 1 unspecified atom stereocenters. The van der Waals surface area contributed by atoms with Gasteiger partial charge in [0, 0.05) is 23.2 Å². The zero-order chi connectivity index (χ0) is 13.8. The normalized spacial score (nSPS) is 19.5. The minimum atomic E-state index is 0.118. The third-order valence-electron chi connectivity index (χ3n) is 3.81. The summed E-state index contributed by atoms with van der Waals surface area (Å²) in [5.41, 5.74) is 7.35. The van der Waals surface area contributed by atoms with Crippen LogP contribution in [0.2, 0.25) is 5.02 Å². The van der Waals surface area contributed by atoms with Gasteiger partial charge in [-0.25, -0.2) is 0 Å². The molecule has 1 amide bonds. The molecule has 0 saturated carbocycles. The van der Waals surface area contributed by atoms with E-state index in [1.165, 1.54) is 6.42 Å². The van der Waals surface area contributed by atoms with Crippen molar-refractivity contribution in [3.8, 4) is 0 Å². The summed E-state index contributed by atoms with van der Waals surface area (Å²) in [7, 11) is 0. The van der Waals surface area contributed by atoms with E-state index in [9.17, 15) is 4.79 Å². The summed E-state index contributed by atoms with van der Waals surface area (Å²) >= 11 is 5.94. The molecular formula is C15H21ClN2O. The highest BCUT2D eigenvalue weighted by Crippen LogP contribution is 2.24. The lowest BCUT2D eigenvalue weighted by atomic mass is 9.97. The largest absolute Gasteiger partial charge is 0.336 e. The molecule has 4 heteroatoms. The lowest BCUT2D eigenvalue weighted by Gasteiger charge is -2.36. The quantitative estimate of drug-likeness (QED) is 0.925. The molecule has 1 atom stereocenters. The number of nitrogens with zero attached hydrogens (tertiary/aromatic N) is 1. The van der Waals surface area contributed by atoms with Crippen LogP contribution < -0.4 is 5.73 Å². The Morgan fingerprint density at radius 2 is 2.26 bits per heavy atom. The minimum Gasteiger partial charge on any atom is -0.336 e. The van der Waals surface area contributed by atoms with Crippen LogP contribution in [0.15, 0.2) is 18.2 Å². The number of nitrogens with two attached hydrogens (primary N) is 1. The molecule has 1 saturated heterocycles. The van der Waals surface area contributed by atoms with Gasteiger partial charge in [-0.3, -0.25) is 4.79 Å². The fraction of sp³-hybridized carbons (Fsp3) is 0.533. The van der Waals surface area contributed by atoms with Crippen LogP contribution in [-0.2, 0) is 0 Å². The van der Waals surface area contributed by atoms with Gasteiger partial charge < -0.3 is 10.6 Å². The SMILES string of the molecule is Cc1cc(Cl)ccc1C(=O)N1CCCCC1CCN. The van der Waals surface area contributed by atoms with Crippen molar-refractivity contribution in [1.82, 2.24) is 4.90 Å². The number of benzene rings is 1. The molecule has 0 aromatic heterocycles. The van der Waals surface area contributed by atoms with E-state index < -0.39 is 0 Å². The number of likely N-dealkylation sites (tertiary alicyclic amines) is 1. The van der Waals surface area contributed by atoms with Crippen molar-refractivity contribution < 1.29 is 4.79 Å². The molecule has 104 valence electrons. The number of hydrogen-bond donors (Lipinski definition) is 1. The van der Waals surface area contributed by atoms with Crippen molar-refractivity contribution >= 4 is 17.5 Å². The van der Waals surface area contributed by atoms with Gasteiger partial charge in [0.15, 0.2) is 0 Å². The van der Waals surface area contributed by atoms with E-state index in [-0.39, 0.29) is 5.91 Å². The van der Waals surface area contributed by atoms with Crippen LogP contribution >= 0.6 is 11.6 Å². The van der Waals surface area contributed by atoms with Gasteiger partial charge in [-0.1, -0.05) is 11.6 Å². The van der Waals surface area contributed by atoms with Crippen LogP contribution in [0, 0.1) is 6.92 Å². The Morgan fingerprint density at radius 1 is 1.47 bits per heavy atom. The van der Waals surface area contributed by atoms with Crippen molar-refractivity contribution in [2.45, 2.75) is 38.6 Å². The van der Waals surface area contributed by atoms with Crippen LogP contribution in [0.3, 0.4) is 0 Å². The van der Waals surface area contributed by atoms with Crippen molar-refractivity contribution in [1.29, 1.82) is 0 Å². The minimum absolute atomic E-state index is 0.118. The summed E-state index contributed by atoms with van der Waals surface area (Å²) in [6, 6.07) is 5.75. The summed E-state index contributed by atoms with van der Waals surface area (Å²) in [6.45, 7) is 3.40. The number of aryl methyl sites for hydroxylation is 1. The standard InChI is InChI=1S/C15H21ClN2O/c1-11-10-12(16)5-6-14(11)15(19)18-9-3-2-4-13(18)7-8-17/h5-6,10,13H,2-4,7-9,17H2,1H3. The maximum Gasteiger partial charge on any atom is 0.254 e. The van der Waals surface area contributed by atoms with Gasteiger partial charge in [-0.15, -0.1) is 0 Å². The van der Waals surface area contributed by atoms with E-state index in [2.05, 4.69) is 0 Å². The molecule has 1 heterocycles. The number of amides is 1. The highest BCUT2D eigenvalue weighted by atomic mass is 35.5. The molecule has 3 nitrogen and oxygen atoms in total. The third kappa shape index (κ3) is 3.28. The molecule has 1 aromatic carbocycles. The highest BCUT2D eigenvalue weighted by molar-refractivity contribution is 6.30. The van der Waals surface area contributed by atoms with Crippen LogP contribution in [0.5, 0.6) is 0 Å². The Morgan fingerprint density at radius 3 is 2.95 bits per heavy atom. The summed E-state index contributed by atoms with van der Waals surface area (Å²) in [5.74, 6) is 0.118. The van der Waals surface area contributed by atoms with Crippen LogP contribution in [-0.4, -0.2) is 29.9 Å². The number of carbonyl (C=O) groups is 1. The molecule has 2 rings (SSSR count). The van der Waals surface area contributed by atoms with Crippen molar-refractivity contribution in [3.63, 3.8) is 0 Å². The molecule has 2 N–H and O–H groups in total. The molecule has 19 heavy (non-hydrogen) atoms. The average molecular weight is 281 g/mol. The monoisotopic (exact) mass is 280 g/mol. The van der Waals surface area contributed by atoms with E-state index in [1.54, 1.807) is 6.07 Å². The van der Waals surface area contributed by atoms with Gasteiger partial charge in [0.05, 0.1) is 0 Å². The summed E-state index contributed by atoms with van der Waals surface area (Å²) in [6.07, 6.45) is 4.22. The predicted molar refractivity (Wildman–Crippen MR) is 78.5 cm³/mol. The van der Waals surface area contributed by atoms with E-state index in [0.717, 1.165) is 36.9 Å². The number of hydrogen-bond acceptors (Lipinski definition) is 2. The van der Waals surface area contributed by atoms with Crippen molar-refractivity contribution in [2.75, 3.05) is 13.1 Å². The van der Waals surface area contributed by atoms with Crippen LogP contribution in [0.4, 0.5) is 0 Å². The first-order valence-electron chi connectivity index (χ1n) is 6.90. The van der Waals surface area contributed by atoms with Crippen molar-refractivity contribution in [2.24, 2.45) is 5.73 Å². The third-order valence-corrected chi connectivity index (χ3v) is 4.04. The Kier molecular flexibility index (Phi) is 4.83. The van der Waals surface area contributed by atoms with E-state index >= 15 is 0 Å². The van der Waals surface area contributed by atoms with Gasteiger partial charge in [-0.2, -0.15) is 0 Å². The number of halogens is 1. The number of piperidine rings is 1. The molecule has 1 aliphatic rings. The number of carbonyl (C=O) groups excluding carboxylic acids is 1. The first-order chi connectivity index (χ1) is 9.13. The first-order valence-corrected chi connectivity index (χ1v) is 7.28. The molecule has 1 aromatic rings. The second kappa shape index (κ2) is 6.40. The fourth-order valence-electron chi connectivity index (χ4n) is 2.78. The topological polar surface area (TPSA) is 46.3 Å². The highest BCUT2D eigenvalue weighted by Gasteiger charge is 2.27. The van der Waals surface area contributed by atoms with E-state index in [0.29, 0.717) is 17.6 Å². The first kappa shape index (κ1) is 14.4. The zero-order valence-corrected chi connectivity index (χ0v) is 12.1.